The standard InChI is InChI=1S/C32H28F2N3O6PS/c1-19-10-12-25(15-20(19)2)35-31-37(18-22-11-13-28(21(3)14-22)32(33,34)44(40,41)42)36-29(45-31)23-6-4-8-26(16-23)43-27-9-5-7-24(17-27)30(38)39/h4-17H,18H2,1-3H3,(H,38,39)(H2,40,41,42)/b35-31-. The minimum absolute atomic E-state index is 0.0290. The quantitative estimate of drug-likeness (QED) is 0.140. The fourth-order valence-corrected chi connectivity index (χ4v) is 6.01. The second kappa shape index (κ2) is 12.5. The molecule has 0 fully saturated rings. The van der Waals surface area contributed by atoms with E-state index in [-0.39, 0.29) is 17.7 Å². The van der Waals surface area contributed by atoms with Gasteiger partial charge in [-0.15, -0.1) is 0 Å². The molecule has 0 unspecified atom stereocenters. The highest BCUT2D eigenvalue weighted by Crippen LogP contribution is 2.59. The summed E-state index contributed by atoms with van der Waals surface area (Å²) in [5, 5.41) is 14.7. The van der Waals surface area contributed by atoms with Gasteiger partial charge in [0.2, 0.25) is 4.80 Å². The van der Waals surface area contributed by atoms with E-state index in [9.17, 15) is 33.0 Å². The van der Waals surface area contributed by atoms with Crippen molar-refractivity contribution < 1.29 is 37.8 Å². The second-order valence-electron chi connectivity index (χ2n) is 10.4. The van der Waals surface area contributed by atoms with Gasteiger partial charge in [-0.05, 0) is 85.5 Å². The number of rotatable bonds is 9. The maximum atomic E-state index is 14.4. The number of hydrogen-bond donors (Lipinski definition) is 3. The molecule has 232 valence electrons. The Morgan fingerprint density at radius 1 is 0.933 bits per heavy atom. The third kappa shape index (κ3) is 7.10. The number of hydrogen-bond acceptors (Lipinski definition) is 6. The summed E-state index contributed by atoms with van der Waals surface area (Å²) in [6.07, 6.45) is 0. The smallest absolute Gasteiger partial charge is 0.399 e. The number of aromatic carboxylic acids is 1. The van der Waals surface area contributed by atoms with Crippen LogP contribution in [0.4, 0.5) is 14.5 Å². The molecule has 0 saturated carbocycles. The number of benzene rings is 4. The van der Waals surface area contributed by atoms with Crippen LogP contribution in [0, 0.1) is 20.8 Å². The Labute approximate surface area is 260 Å². The first kappa shape index (κ1) is 31.9. The van der Waals surface area contributed by atoms with E-state index in [0.29, 0.717) is 38.1 Å². The molecule has 45 heavy (non-hydrogen) atoms. The van der Waals surface area contributed by atoms with E-state index in [2.05, 4.69) is 0 Å². The summed E-state index contributed by atoms with van der Waals surface area (Å²) in [5.74, 6) is -0.251. The van der Waals surface area contributed by atoms with Gasteiger partial charge in [0, 0.05) is 11.1 Å². The van der Waals surface area contributed by atoms with E-state index in [0.717, 1.165) is 17.2 Å². The SMILES string of the molecule is Cc1ccc(/N=c2\sc(-c3cccc(Oc4cccc(C(=O)O)c4)c3)nn2Cc2ccc(C(F)(F)P(=O)(O)O)c(C)c2)cc1C. The van der Waals surface area contributed by atoms with Crippen molar-refractivity contribution in [2.45, 2.75) is 33.0 Å². The number of carboxylic acid groups (broad SMARTS) is 1. The van der Waals surface area contributed by atoms with Gasteiger partial charge in [-0.25, -0.2) is 14.5 Å². The van der Waals surface area contributed by atoms with Crippen molar-refractivity contribution >= 4 is 30.6 Å². The van der Waals surface area contributed by atoms with Gasteiger partial charge in [0.25, 0.3) is 0 Å². The minimum Gasteiger partial charge on any atom is -0.478 e. The van der Waals surface area contributed by atoms with Gasteiger partial charge in [-0.3, -0.25) is 4.57 Å². The van der Waals surface area contributed by atoms with Gasteiger partial charge in [0.1, 0.15) is 16.5 Å². The number of carboxylic acids is 1. The Bertz CT molecular complexity index is 2040. The molecule has 3 N–H and O–H groups in total. The monoisotopic (exact) mass is 651 g/mol. The van der Waals surface area contributed by atoms with Crippen LogP contribution in [0.3, 0.4) is 0 Å². The Morgan fingerprint density at radius 2 is 1.64 bits per heavy atom. The van der Waals surface area contributed by atoms with Gasteiger partial charge in [-0.2, -0.15) is 13.9 Å². The van der Waals surface area contributed by atoms with Gasteiger partial charge < -0.3 is 19.6 Å². The fourth-order valence-electron chi connectivity index (χ4n) is 4.53. The lowest BCUT2D eigenvalue weighted by Crippen LogP contribution is -2.18. The van der Waals surface area contributed by atoms with Crippen molar-refractivity contribution in [2.75, 3.05) is 0 Å². The Hall–Kier alpha value is -4.48. The van der Waals surface area contributed by atoms with E-state index >= 15 is 0 Å². The molecule has 0 aliphatic carbocycles. The molecular weight excluding hydrogens is 623 g/mol. The highest BCUT2D eigenvalue weighted by molar-refractivity contribution is 7.52. The normalized spacial score (nSPS) is 12.4. The zero-order valence-electron chi connectivity index (χ0n) is 24.3. The van der Waals surface area contributed by atoms with Crippen molar-refractivity contribution in [3.63, 3.8) is 0 Å². The summed E-state index contributed by atoms with van der Waals surface area (Å²) >= 11 is 1.30. The van der Waals surface area contributed by atoms with E-state index in [1.165, 1.54) is 42.5 Å². The molecule has 5 aromatic rings. The Morgan fingerprint density at radius 3 is 2.31 bits per heavy atom. The van der Waals surface area contributed by atoms with Crippen LogP contribution in [0.5, 0.6) is 11.5 Å². The maximum Gasteiger partial charge on any atom is 0.399 e. The highest BCUT2D eigenvalue weighted by atomic mass is 32.1. The number of aryl methyl sites for hydroxylation is 3. The summed E-state index contributed by atoms with van der Waals surface area (Å²) in [4.78, 5) is 35.1. The predicted octanol–water partition coefficient (Wildman–Crippen LogP) is 7.54. The molecule has 0 spiro atoms. The van der Waals surface area contributed by atoms with Crippen molar-refractivity contribution in [2.24, 2.45) is 4.99 Å². The van der Waals surface area contributed by atoms with Crippen molar-refractivity contribution in [1.29, 1.82) is 0 Å². The summed E-state index contributed by atoms with van der Waals surface area (Å²) in [5.41, 5.74) is -0.789. The minimum atomic E-state index is -5.72. The first-order chi connectivity index (χ1) is 21.2. The van der Waals surface area contributed by atoms with Crippen LogP contribution < -0.4 is 9.54 Å². The first-order valence-electron chi connectivity index (χ1n) is 13.6. The maximum absolute atomic E-state index is 14.4. The molecule has 0 aliphatic rings. The molecule has 0 amide bonds. The van der Waals surface area contributed by atoms with Crippen molar-refractivity contribution in [3.8, 4) is 22.1 Å². The van der Waals surface area contributed by atoms with E-state index in [1.54, 1.807) is 35.0 Å². The molecule has 1 aromatic heterocycles. The molecule has 1 heterocycles. The molecule has 4 aromatic carbocycles. The van der Waals surface area contributed by atoms with Crippen LogP contribution in [0.15, 0.2) is 89.9 Å². The average molecular weight is 652 g/mol. The fraction of sp³-hybridized carbons (Fsp3) is 0.156. The summed E-state index contributed by atoms with van der Waals surface area (Å²) in [7, 11) is -5.72. The number of carbonyl (C=O) groups is 1. The zero-order valence-corrected chi connectivity index (χ0v) is 26.0. The highest BCUT2D eigenvalue weighted by Gasteiger charge is 2.51. The lowest BCUT2D eigenvalue weighted by molar-refractivity contribution is 0.0558. The van der Waals surface area contributed by atoms with E-state index < -0.39 is 24.8 Å². The number of halogens is 2. The average Bonchev–Trinajstić information content (AvgIpc) is 3.36. The van der Waals surface area contributed by atoms with Gasteiger partial charge >= 0.3 is 19.2 Å². The topological polar surface area (TPSA) is 134 Å². The predicted molar refractivity (Wildman–Crippen MR) is 166 cm³/mol. The van der Waals surface area contributed by atoms with Crippen LogP contribution in [-0.2, 0) is 16.8 Å². The van der Waals surface area contributed by atoms with Crippen LogP contribution >= 0.6 is 18.9 Å². The van der Waals surface area contributed by atoms with Crippen LogP contribution in [0.2, 0.25) is 0 Å². The molecule has 0 saturated heterocycles. The molecule has 0 radical (unpaired) electrons. The number of aromatic nitrogens is 2. The Balaban J connectivity index is 1.53. The molecule has 0 aliphatic heterocycles. The molecule has 0 bridgehead atoms. The molecule has 9 nitrogen and oxygen atoms in total. The third-order valence-corrected chi connectivity index (χ3v) is 9.01. The van der Waals surface area contributed by atoms with Gasteiger partial charge in [0.05, 0.1) is 17.8 Å². The Kier molecular flexibility index (Phi) is 8.86. The second-order valence-corrected chi connectivity index (χ2v) is 13.0. The van der Waals surface area contributed by atoms with Crippen LogP contribution in [-0.4, -0.2) is 30.6 Å². The molecular formula is C32H28F2N3O6PS. The lowest BCUT2D eigenvalue weighted by Gasteiger charge is -2.20. The molecule has 5 rings (SSSR count). The molecule has 13 heteroatoms. The third-order valence-electron chi connectivity index (χ3n) is 7.05. The first-order valence-corrected chi connectivity index (χ1v) is 16.0. The van der Waals surface area contributed by atoms with Crippen LogP contribution in [0.1, 0.15) is 38.2 Å². The summed E-state index contributed by atoms with van der Waals surface area (Å²) < 4.78 is 47.9. The summed E-state index contributed by atoms with van der Waals surface area (Å²) in [6.45, 7) is 5.49. The van der Waals surface area contributed by atoms with Gasteiger partial charge in [-0.1, -0.05) is 53.8 Å². The largest absolute Gasteiger partial charge is 0.478 e. The summed E-state index contributed by atoms with van der Waals surface area (Å²) in [6, 6.07) is 22.9. The lowest BCUT2D eigenvalue weighted by atomic mass is 10.1. The van der Waals surface area contributed by atoms with Crippen molar-refractivity contribution in [1.82, 2.24) is 9.78 Å². The van der Waals surface area contributed by atoms with E-state index in [4.69, 9.17) is 14.8 Å². The van der Waals surface area contributed by atoms with Crippen molar-refractivity contribution in [3.05, 3.63) is 123 Å². The zero-order chi connectivity index (χ0) is 32.5. The van der Waals surface area contributed by atoms with Gasteiger partial charge in [0.15, 0.2) is 0 Å². The van der Waals surface area contributed by atoms with E-state index in [1.807, 2.05) is 38.1 Å². The molecule has 0 atom stereocenters. The number of nitrogens with zero attached hydrogens (tertiary/aromatic N) is 3. The number of alkyl halides is 2. The number of ether oxygens (including phenoxy) is 1. The van der Waals surface area contributed by atoms with Crippen LogP contribution in [0.25, 0.3) is 10.6 Å².